The van der Waals surface area contributed by atoms with Crippen LogP contribution in [0.2, 0.25) is 0 Å². The molecule has 0 saturated carbocycles. The number of hydrogen-bond acceptors (Lipinski definition) is 3. The van der Waals surface area contributed by atoms with Crippen molar-refractivity contribution in [1.82, 2.24) is 9.55 Å². The molecule has 2 aromatic heterocycles. The largest absolute Gasteiger partial charge is 0.493 e. The van der Waals surface area contributed by atoms with E-state index in [0.717, 1.165) is 55.4 Å². The molecule has 0 amide bonds. The zero-order valence-electron chi connectivity index (χ0n) is 52.1. The normalized spacial score (nSPS) is 13.7. The van der Waals surface area contributed by atoms with Crippen molar-refractivity contribution in [3.8, 4) is 5.82 Å². The van der Waals surface area contributed by atoms with E-state index in [0.29, 0.717) is 0 Å². The predicted octanol–water partition coefficient (Wildman–Crippen LogP) is 17.4. The quantitative estimate of drug-likeness (QED) is 0.0818. The van der Waals surface area contributed by atoms with Gasteiger partial charge in [0.05, 0.1) is 0 Å². The molecule has 10 aromatic rings. The van der Waals surface area contributed by atoms with E-state index in [1.54, 1.807) is 0 Å². The molecule has 4 nitrogen and oxygen atoms in total. The Balaban J connectivity index is 0.00000769. The molecule has 11 rings (SSSR count). The second-order valence-electron chi connectivity index (χ2n) is 28.8. The maximum atomic E-state index is 5.31. The van der Waals surface area contributed by atoms with Gasteiger partial charge in [0.25, 0.3) is 0 Å². The summed E-state index contributed by atoms with van der Waals surface area (Å²) < 4.78 is 2.39. The summed E-state index contributed by atoms with van der Waals surface area (Å²) >= 11 is 0. The van der Waals surface area contributed by atoms with Gasteiger partial charge >= 0.3 is 0 Å². The number of aromatic nitrogens is 2. The molecule has 428 valence electrons. The van der Waals surface area contributed by atoms with Crippen LogP contribution in [0.5, 0.6) is 0 Å². The minimum Gasteiger partial charge on any atom is -0.493 e. The van der Waals surface area contributed by atoms with Crippen molar-refractivity contribution in [3.63, 3.8) is 0 Å². The van der Waals surface area contributed by atoms with Crippen molar-refractivity contribution < 1.29 is 21.1 Å². The molecular formula is C77H83N4PtSi-3. The first kappa shape index (κ1) is 59.4. The Bertz CT molecular complexity index is 3920. The summed E-state index contributed by atoms with van der Waals surface area (Å²) in [5.41, 5.74) is 15.2. The van der Waals surface area contributed by atoms with Crippen molar-refractivity contribution >= 4 is 73.4 Å². The second kappa shape index (κ2) is 21.4. The Morgan fingerprint density at radius 3 is 1.43 bits per heavy atom. The first-order chi connectivity index (χ1) is 38.5. The second-order valence-corrected chi connectivity index (χ2v) is 32.6. The Kier molecular flexibility index (Phi) is 15.3. The van der Waals surface area contributed by atoms with E-state index in [-0.39, 0.29) is 53.6 Å². The van der Waals surface area contributed by atoms with Gasteiger partial charge < -0.3 is 14.4 Å². The van der Waals surface area contributed by atoms with Crippen LogP contribution < -0.4 is 30.5 Å². The van der Waals surface area contributed by atoms with E-state index in [9.17, 15) is 0 Å². The van der Waals surface area contributed by atoms with Crippen molar-refractivity contribution in [1.29, 1.82) is 0 Å². The van der Waals surface area contributed by atoms with Gasteiger partial charge in [0, 0.05) is 55.3 Å². The number of pyridine rings is 1. The van der Waals surface area contributed by atoms with Gasteiger partial charge in [0.2, 0.25) is 0 Å². The topological polar surface area (TPSA) is 24.3 Å². The molecular weight excluding hydrogens is 1200 g/mol. The maximum Gasteiger partial charge on any atom is 0.135 e. The van der Waals surface area contributed by atoms with E-state index in [1.165, 1.54) is 54.7 Å². The summed E-state index contributed by atoms with van der Waals surface area (Å²) in [6.45, 7) is 41.8. The molecule has 0 aliphatic carbocycles. The van der Waals surface area contributed by atoms with Crippen LogP contribution in [0.4, 0.5) is 22.7 Å². The number of rotatable bonds is 9. The fraction of sp³-hybridized carbons (Fsp3) is 0.299. The zero-order valence-corrected chi connectivity index (χ0v) is 55.4. The fourth-order valence-corrected chi connectivity index (χ4v) is 16.6. The molecule has 3 heterocycles. The SMILES string of the molecule is CC(C)(C)c1cc(N2[CH-]N(c3[c-]c([Si](c4[c-]c5c(cc4)c4cc(C(C)(C)C)ccc4n5-c4cc(C(C)(C)c5cc(C(C)(C)C)cc(C(C)(C)C)c5)ccn4)(c4ccccc4)c4ccccc4)ccc3)c3ccccc32)cc(C(C)(C)C)c1.[Pt]. The van der Waals surface area contributed by atoms with Crippen LogP contribution in [0.15, 0.2) is 188 Å². The Morgan fingerprint density at radius 2 is 0.892 bits per heavy atom. The molecule has 83 heavy (non-hydrogen) atoms. The molecule has 0 saturated heterocycles. The first-order valence-electron chi connectivity index (χ1n) is 29.5. The molecule has 0 radical (unpaired) electrons. The molecule has 0 fully saturated rings. The zero-order chi connectivity index (χ0) is 58.5. The van der Waals surface area contributed by atoms with E-state index in [4.69, 9.17) is 4.98 Å². The molecule has 6 heteroatoms. The monoisotopic (exact) mass is 1290 g/mol. The number of anilines is 4. The van der Waals surface area contributed by atoms with E-state index in [2.05, 4.69) is 333 Å². The summed E-state index contributed by atoms with van der Waals surface area (Å²) in [7, 11) is -3.27. The number of hydrogen-bond donors (Lipinski definition) is 0. The fourth-order valence-electron chi connectivity index (χ4n) is 12.1. The van der Waals surface area contributed by atoms with Gasteiger partial charge in [-0.05, 0) is 124 Å². The van der Waals surface area contributed by atoms with E-state index in [1.807, 2.05) is 6.20 Å². The van der Waals surface area contributed by atoms with Gasteiger partial charge in [-0.25, -0.2) is 4.98 Å². The molecule has 1 aliphatic rings. The number of benzene rings is 8. The van der Waals surface area contributed by atoms with Gasteiger partial charge in [0.1, 0.15) is 13.9 Å². The summed E-state index contributed by atoms with van der Waals surface area (Å²) in [5.74, 6) is 0.876. The third-order valence-corrected chi connectivity index (χ3v) is 22.0. The number of para-hydroxylation sites is 2. The maximum absolute atomic E-state index is 5.31. The standard InChI is InChI=1S/C77H83N4Si.Pt/c1-72(2,3)52-35-38-67-66(47-52)65-37-36-64(50-70(65)81(67)71-48-53(39-40-78-71)77(16,17)58-43-54(73(4,5)6)41-55(44-58)74(7,8)9)82(61-28-20-18-21-29-61,62-30-22-19-23-31-62)63-32-26-27-59(49-63)79-51-80(69-34-25-24-33-68(69)79)60-45-56(75(10,11)12)42-57(46-60)76(13,14)15;/h18-48,51H,1-17H3;/q-3;. The minimum absolute atomic E-state index is 0. The third-order valence-electron chi connectivity index (χ3n) is 17.4. The Morgan fingerprint density at radius 1 is 0.398 bits per heavy atom. The summed E-state index contributed by atoms with van der Waals surface area (Å²) in [5, 5.41) is 7.17. The van der Waals surface area contributed by atoms with Crippen molar-refractivity contribution in [2.75, 3.05) is 9.80 Å². The van der Waals surface area contributed by atoms with E-state index < -0.39 is 8.07 Å². The first-order valence-corrected chi connectivity index (χ1v) is 31.5. The van der Waals surface area contributed by atoms with Gasteiger partial charge in [-0.2, -0.15) is 52.8 Å². The average molecular weight is 1290 g/mol. The van der Waals surface area contributed by atoms with E-state index >= 15 is 0 Å². The Labute approximate surface area is 512 Å². The minimum atomic E-state index is -3.27. The van der Waals surface area contributed by atoms with Crippen LogP contribution in [0.3, 0.4) is 0 Å². The molecule has 0 N–H and O–H groups in total. The van der Waals surface area contributed by atoms with Gasteiger partial charge in [-0.1, -0.05) is 232 Å². The van der Waals surface area contributed by atoms with Crippen LogP contribution in [0.1, 0.15) is 157 Å². The van der Waals surface area contributed by atoms with Crippen molar-refractivity contribution in [3.05, 3.63) is 246 Å². The molecule has 0 spiro atoms. The van der Waals surface area contributed by atoms with Crippen LogP contribution in [0, 0.1) is 18.8 Å². The molecule has 8 aromatic carbocycles. The molecule has 0 atom stereocenters. The smallest absolute Gasteiger partial charge is 0.135 e. The Hall–Kier alpha value is -6.78. The van der Waals surface area contributed by atoms with Crippen molar-refractivity contribution in [2.45, 2.75) is 150 Å². The van der Waals surface area contributed by atoms with Gasteiger partial charge in [-0.3, -0.25) is 0 Å². The number of fused-ring (bicyclic) bond motifs is 4. The average Bonchev–Trinajstić information content (AvgIpc) is 2.23. The van der Waals surface area contributed by atoms with Crippen LogP contribution in [0.25, 0.3) is 27.6 Å². The molecule has 1 aliphatic heterocycles. The predicted molar refractivity (Wildman–Crippen MR) is 353 cm³/mol. The van der Waals surface area contributed by atoms with Gasteiger partial charge in [-0.15, -0.1) is 17.7 Å². The van der Waals surface area contributed by atoms with Gasteiger partial charge in [0.15, 0.2) is 0 Å². The van der Waals surface area contributed by atoms with Crippen LogP contribution >= 0.6 is 0 Å². The van der Waals surface area contributed by atoms with Crippen LogP contribution in [-0.2, 0) is 53.6 Å². The summed E-state index contributed by atoms with van der Waals surface area (Å²) in [4.78, 5) is 10.0. The summed E-state index contributed by atoms with van der Waals surface area (Å²) in [6, 6.07) is 77.4. The molecule has 0 bridgehead atoms. The van der Waals surface area contributed by atoms with Crippen molar-refractivity contribution in [2.24, 2.45) is 0 Å². The summed E-state index contributed by atoms with van der Waals surface area (Å²) in [6.07, 6.45) is 2.02. The third kappa shape index (κ3) is 10.9. The van der Waals surface area contributed by atoms with Crippen LogP contribution in [-0.4, -0.2) is 17.6 Å². The molecule has 0 unspecified atom stereocenters. The number of nitrogens with zero attached hydrogens (tertiary/aromatic N) is 4.